The van der Waals surface area contributed by atoms with Gasteiger partial charge < -0.3 is 15.0 Å². The molecule has 1 aliphatic heterocycles. The maximum atomic E-state index is 12.5. The van der Waals surface area contributed by atoms with Crippen molar-refractivity contribution in [2.75, 3.05) is 44.4 Å². The predicted molar refractivity (Wildman–Crippen MR) is 97.2 cm³/mol. The van der Waals surface area contributed by atoms with Crippen molar-refractivity contribution in [3.63, 3.8) is 0 Å². The number of nitrogens with one attached hydrogen (secondary N) is 1. The summed E-state index contributed by atoms with van der Waals surface area (Å²) in [6, 6.07) is -0.599. The first-order valence-electron chi connectivity index (χ1n) is 8.11. The highest BCUT2D eigenvalue weighted by Gasteiger charge is 2.44. The standard InChI is InChI=1S/C14H27N3O7S2/c1-10(15-16-11(2)14(18)19)7-25(20,21)8-12-5-17(3,4)6-13(12)9-26(22,23)24/h10,12-13,15H,5-9H2,1-4H3,(H-,18,19,22,23,24)/p+1. The van der Waals surface area contributed by atoms with Gasteiger partial charge in [-0.15, -0.1) is 0 Å². The molecule has 1 rings (SSSR count). The average Bonchev–Trinajstić information content (AvgIpc) is 2.66. The second-order valence-corrected chi connectivity index (χ2v) is 11.3. The Hall–Kier alpha value is -1.24. The summed E-state index contributed by atoms with van der Waals surface area (Å²) >= 11 is 0. The second kappa shape index (κ2) is 8.19. The van der Waals surface area contributed by atoms with E-state index in [0.717, 1.165) is 0 Å². The van der Waals surface area contributed by atoms with Crippen molar-refractivity contribution in [1.82, 2.24) is 5.43 Å². The summed E-state index contributed by atoms with van der Waals surface area (Å²) in [4.78, 5) is 10.7. The zero-order chi connectivity index (χ0) is 20.3. The van der Waals surface area contributed by atoms with E-state index in [9.17, 15) is 21.6 Å². The largest absolute Gasteiger partial charge is 0.477 e. The number of quaternary nitrogens is 1. The molecular formula is C14H28N3O7S2+. The van der Waals surface area contributed by atoms with Gasteiger partial charge in [0.05, 0.1) is 50.5 Å². The summed E-state index contributed by atoms with van der Waals surface area (Å²) < 4.78 is 57.0. The first-order chi connectivity index (χ1) is 11.6. The van der Waals surface area contributed by atoms with Gasteiger partial charge in [-0.05, 0) is 13.8 Å². The summed E-state index contributed by atoms with van der Waals surface area (Å²) in [6.07, 6.45) is 0. The van der Waals surface area contributed by atoms with Gasteiger partial charge in [-0.3, -0.25) is 4.55 Å². The normalized spacial score (nSPS) is 25.0. The maximum Gasteiger partial charge on any atom is 0.351 e. The molecule has 1 heterocycles. The first-order valence-corrected chi connectivity index (χ1v) is 11.5. The Labute approximate surface area is 154 Å². The predicted octanol–water partition coefficient (Wildman–Crippen LogP) is -0.950. The number of aliphatic carboxylic acids is 1. The number of sulfone groups is 1. The molecule has 3 N–H and O–H groups in total. The number of hydrazone groups is 1. The van der Waals surface area contributed by atoms with Crippen LogP contribution in [0.4, 0.5) is 0 Å². The van der Waals surface area contributed by atoms with E-state index in [2.05, 4.69) is 10.5 Å². The minimum Gasteiger partial charge on any atom is -0.477 e. The molecule has 1 saturated heterocycles. The third-order valence-corrected chi connectivity index (χ3v) is 7.08. The first kappa shape index (κ1) is 22.8. The Morgan fingerprint density at radius 2 is 1.69 bits per heavy atom. The van der Waals surface area contributed by atoms with Crippen LogP contribution in [0.25, 0.3) is 0 Å². The lowest BCUT2D eigenvalue weighted by atomic mass is 10.0. The summed E-state index contributed by atoms with van der Waals surface area (Å²) in [5.41, 5.74) is 2.32. The molecule has 0 amide bonds. The molecule has 3 unspecified atom stereocenters. The molecule has 0 aliphatic carbocycles. The zero-order valence-electron chi connectivity index (χ0n) is 15.4. The monoisotopic (exact) mass is 414 g/mol. The number of carbonyl (C=O) groups is 1. The smallest absolute Gasteiger partial charge is 0.351 e. The molecule has 152 valence electrons. The van der Waals surface area contributed by atoms with Crippen LogP contribution in [0.2, 0.25) is 0 Å². The molecule has 0 saturated carbocycles. The molecule has 1 fully saturated rings. The van der Waals surface area contributed by atoms with Crippen LogP contribution in [0.3, 0.4) is 0 Å². The molecule has 0 aromatic heterocycles. The van der Waals surface area contributed by atoms with E-state index < -0.39 is 43.6 Å². The quantitative estimate of drug-likeness (QED) is 0.189. The molecule has 10 nitrogen and oxygen atoms in total. The van der Waals surface area contributed by atoms with Crippen molar-refractivity contribution in [3.8, 4) is 0 Å². The molecule has 0 aromatic carbocycles. The summed E-state index contributed by atoms with van der Waals surface area (Å²) in [7, 11) is -3.95. The lowest BCUT2D eigenvalue weighted by Gasteiger charge is -2.23. The molecule has 0 bridgehead atoms. The fourth-order valence-electron chi connectivity index (χ4n) is 3.36. The number of hydrogen-bond acceptors (Lipinski definition) is 7. The number of rotatable bonds is 9. The number of nitrogens with zero attached hydrogens (tertiary/aromatic N) is 2. The van der Waals surface area contributed by atoms with Gasteiger partial charge in [0.25, 0.3) is 10.1 Å². The maximum absolute atomic E-state index is 12.5. The van der Waals surface area contributed by atoms with Gasteiger partial charge in [-0.2, -0.15) is 13.5 Å². The molecule has 26 heavy (non-hydrogen) atoms. The van der Waals surface area contributed by atoms with Crippen LogP contribution >= 0.6 is 0 Å². The molecule has 0 aromatic rings. The number of carboxylic acids is 1. The zero-order valence-corrected chi connectivity index (χ0v) is 17.0. The van der Waals surface area contributed by atoms with E-state index in [0.29, 0.717) is 17.6 Å². The lowest BCUT2D eigenvalue weighted by molar-refractivity contribution is -0.880. The van der Waals surface area contributed by atoms with Gasteiger partial charge in [0, 0.05) is 11.8 Å². The van der Waals surface area contributed by atoms with E-state index in [1.165, 1.54) is 6.92 Å². The summed E-state index contributed by atoms with van der Waals surface area (Å²) in [5, 5.41) is 12.3. The van der Waals surface area contributed by atoms with Gasteiger partial charge in [0.1, 0.15) is 5.71 Å². The Kier molecular flexibility index (Phi) is 7.18. The fraction of sp³-hybridized carbons (Fsp3) is 0.857. The van der Waals surface area contributed by atoms with E-state index in [1.807, 2.05) is 14.1 Å². The molecule has 3 atom stereocenters. The topological polar surface area (TPSA) is 150 Å². The van der Waals surface area contributed by atoms with Crippen molar-refractivity contribution >= 4 is 31.6 Å². The van der Waals surface area contributed by atoms with Crippen molar-refractivity contribution in [3.05, 3.63) is 0 Å². The van der Waals surface area contributed by atoms with Crippen LogP contribution in [0.15, 0.2) is 5.10 Å². The Morgan fingerprint density at radius 1 is 1.19 bits per heavy atom. The highest BCUT2D eigenvalue weighted by Crippen LogP contribution is 2.29. The van der Waals surface area contributed by atoms with Gasteiger partial charge in [-0.1, -0.05) is 0 Å². The minimum absolute atomic E-state index is 0.183. The number of carboxylic acid groups (broad SMARTS) is 1. The minimum atomic E-state index is -4.19. The molecule has 1 aliphatic rings. The van der Waals surface area contributed by atoms with Crippen molar-refractivity contribution in [1.29, 1.82) is 0 Å². The van der Waals surface area contributed by atoms with E-state index >= 15 is 0 Å². The van der Waals surface area contributed by atoms with Crippen LogP contribution in [-0.2, 0) is 24.7 Å². The van der Waals surface area contributed by atoms with Gasteiger partial charge >= 0.3 is 5.97 Å². The van der Waals surface area contributed by atoms with Gasteiger partial charge in [-0.25, -0.2) is 13.2 Å². The third-order valence-electron chi connectivity index (χ3n) is 4.28. The second-order valence-electron chi connectivity index (χ2n) is 7.68. The van der Waals surface area contributed by atoms with Crippen molar-refractivity contribution in [2.45, 2.75) is 19.9 Å². The molecule has 0 radical (unpaired) electrons. The van der Waals surface area contributed by atoms with E-state index in [1.54, 1.807) is 6.92 Å². The fourth-order valence-corrected chi connectivity index (χ4v) is 6.28. The van der Waals surface area contributed by atoms with Crippen LogP contribution in [0, 0.1) is 11.8 Å². The highest BCUT2D eigenvalue weighted by molar-refractivity contribution is 7.91. The van der Waals surface area contributed by atoms with Gasteiger partial charge in [0.15, 0.2) is 9.84 Å². The Balaban J connectivity index is 2.77. The van der Waals surface area contributed by atoms with Crippen molar-refractivity contribution in [2.24, 2.45) is 16.9 Å². The summed E-state index contributed by atoms with van der Waals surface area (Å²) in [6.45, 7) is 3.82. The van der Waals surface area contributed by atoms with Crippen LogP contribution in [-0.4, -0.2) is 93.1 Å². The lowest BCUT2D eigenvalue weighted by Crippen LogP contribution is -2.38. The Morgan fingerprint density at radius 3 is 2.15 bits per heavy atom. The van der Waals surface area contributed by atoms with Crippen LogP contribution < -0.4 is 5.43 Å². The third kappa shape index (κ3) is 7.98. The van der Waals surface area contributed by atoms with E-state index in [4.69, 9.17) is 9.66 Å². The molecule has 0 spiro atoms. The Bertz CT molecular complexity index is 759. The molecular weight excluding hydrogens is 386 g/mol. The van der Waals surface area contributed by atoms with Crippen molar-refractivity contribution < 1.29 is 35.8 Å². The molecule has 12 heteroatoms. The average molecular weight is 415 g/mol. The summed E-state index contributed by atoms with van der Waals surface area (Å²) in [5.74, 6) is -2.93. The van der Waals surface area contributed by atoms with Crippen LogP contribution in [0.1, 0.15) is 13.8 Å². The SMILES string of the molecule is CC(=NNC(C)CS(=O)(=O)CC1C[N+](C)(C)CC1CS(=O)(=O)O)C(=O)O. The van der Waals surface area contributed by atoms with E-state index in [-0.39, 0.29) is 23.1 Å². The van der Waals surface area contributed by atoms with Gasteiger partial charge in [0.2, 0.25) is 0 Å². The van der Waals surface area contributed by atoms with Crippen LogP contribution in [0.5, 0.6) is 0 Å². The highest BCUT2D eigenvalue weighted by atomic mass is 32.2. The number of hydrogen-bond donors (Lipinski definition) is 3. The number of likely N-dealkylation sites (tertiary alicyclic amines) is 1.